The van der Waals surface area contributed by atoms with Crippen molar-refractivity contribution in [1.29, 1.82) is 0 Å². The Hall–Kier alpha value is -2.62. The van der Waals surface area contributed by atoms with Crippen molar-refractivity contribution in [3.05, 3.63) is 65.8 Å². The number of sulfonamides is 1. The van der Waals surface area contributed by atoms with E-state index in [0.717, 1.165) is 16.7 Å². The Kier molecular flexibility index (Phi) is 5.70. The van der Waals surface area contributed by atoms with Gasteiger partial charge in [-0.1, -0.05) is 29.4 Å². The topological polar surface area (TPSA) is 98.4 Å². The van der Waals surface area contributed by atoms with Gasteiger partial charge in [0.2, 0.25) is 15.8 Å². The fraction of sp³-hybridized carbons (Fsp3) is 0.350. The predicted molar refractivity (Wildman–Crippen MR) is 106 cm³/mol. The molecule has 1 atom stereocenters. The van der Waals surface area contributed by atoms with E-state index in [2.05, 4.69) is 15.1 Å². The van der Waals surface area contributed by atoms with Crippen LogP contribution >= 0.6 is 0 Å². The predicted octanol–water partition coefficient (Wildman–Crippen LogP) is 2.39. The molecular weight excluding hydrogens is 392 g/mol. The number of morpholine rings is 1. The lowest BCUT2D eigenvalue weighted by Crippen LogP contribution is -2.43. The molecule has 1 aliphatic heterocycles. The summed E-state index contributed by atoms with van der Waals surface area (Å²) in [6.07, 6.45) is 3.18. The van der Waals surface area contributed by atoms with Gasteiger partial charge >= 0.3 is 0 Å². The number of aromatic nitrogens is 3. The first-order chi connectivity index (χ1) is 14.0. The summed E-state index contributed by atoms with van der Waals surface area (Å²) in [6.45, 7) is 2.73. The lowest BCUT2D eigenvalue weighted by molar-refractivity contribution is -0.0199. The number of ether oxygens (including phenoxy) is 1. The van der Waals surface area contributed by atoms with Crippen molar-refractivity contribution in [3.63, 3.8) is 0 Å². The molecule has 3 aromatic rings. The SMILES string of the molecule is Cc1ccccc1-c1noc([C@H]2CN(S(=O)(=O)CCc3ccncc3)CCO2)n1. The van der Waals surface area contributed by atoms with Gasteiger partial charge in [0.05, 0.1) is 12.4 Å². The summed E-state index contributed by atoms with van der Waals surface area (Å²) in [4.78, 5) is 8.40. The van der Waals surface area contributed by atoms with Crippen LogP contribution in [-0.4, -0.2) is 53.3 Å². The molecule has 0 unspecified atom stereocenters. The van der Waals surface area contributed by atoms with Crippen LogP contribution in [0.15, 0.2) is 53.3 Å². The number of nitrogens with zero attached hydrogens (tertiary/aromatic N) is 4. The van der Waals surface area contributed by atoms with E-state index in [-0.39, 0.29) is 24.8 Å². The van der Waals surface area contributed by atoms with Crippen molar-refractivity contribution in [2.45, 2.75) is 19.4 Å². The molecule has 1 saturated heterocycles. The van der Waals surface area contributed by atoms with E-state index in [1.807, 2.05) is 43.3 Å². The zero-order valence-electron chi connectivity index (χ0n) is 16.1. The van der Waals surface area contributed by atoms with Crippen molar-refractivity contribution >= 4 is 10.0 Å². The smallest absolute Gasteiger partial charge is 0.257 e. The molecule has 0 N–H and O–H groups in total. The summed E-state index contributed by atoms with van der Waals surface area (Å²) < 4.78 is 38.1. The van der Waals surface area contributed by atoms with Crippen molar-refractivity contribution < 1.29 is 17.7 Å². The molecule has 0 radical (unpaired) electrons. The van der Waals surface area contributed by atoms with Gasteiger partial charge in [-0.15, -0.1) is 0 Å². The van der Waals surface area contributed by atoms with Crippen LogP contribution in [0.5, 0.6) is 0 Å². The molecule has 0 amide bonds. The maximum Gasteiger partial charge on any atom is 0.257 e. The Morgan fingerprint density at radius 1 is 1.17 bits per heavy atom. The van der Waals surface area contributed by atoms with Gasteiger partial charge in [0.25, 0.3) is 5.89 Å². The molecule has 9 heteroatoms. The molecule has 1 aromatic carbocycles. The number of hydrogen-bond acceptors (Lipinski definition) is 7. The first-order valence-electron chi connectivity index (χ1n) is 9.41. The molecule has 1 fully saturated rings. The molecule has 4 rings (SSSR count). The summed E-state index contributed by atoms with van der Waals surface area (Å²) in [7, 11) is -3.43. The first kappa shape index (κ1) is 19.7. The minimum Gasteiger partial charge on any atom is -0.366 e. The molecule has 2 aromatic heterocycles. The third-order valence-electron chi connectivity index (χ3n) is 4.92. The minimum atomic E-state index is -3.43. The summed E-state index contributed by atoms with van der Waals surface area (Å²) in [5.74, 6) is 0.791. The average molecular weight is 414 g/mol. The number of hydrogen-bond donors (Lipinski definition) is 0. The molecule has 0 saturated carbocycles. The van der Waals surface area contributed by atoms with Gasteiger partial charge in [-0.2, -0.15) is 9.29 Å². The highest BCUT2D eigenvalue weighted by Crippen LogP contribution is 2.26. The van der Waals surface area contributed by atoms with Crippen LogP contribution in [0.4, 0.5) is 0 Å². The highest BCUT2D eigenvalue weighted by Gasteiger charge is 2.33. The molecule has 1 aliphatic rings. The Morgan fingerprint density at radius 3 is 2.76 bits per heavy atom. The molecule has 0 aliphatic carbocycles. The van der Waals surface area contributed by atoms with E-state index in [1.165, 1.54) is 4.31 Å². The maximum atomic E-state index is 12.8. The zero-order chi connectivity index (χ0) is 20.3. The van der Waals surface area contributed by atoms with Crippen LogP contribution in [-0.2, 0) is 21.2 Å². The summed E-state index contributed by atoms with van der Waals surface area (Å²) in [6, 6.07) is 11.4. The van der Waals surface area contributed by atoms with E-state index < -0.39 is 16.1 Å². The van der Waals surface area contributed by atoms with E-state index in [0.29, 0.717) is 18.8 Å². The molecular formula is C20H22N4O4S. The highest BCUT2D eigenvalue weighted by molar-refractivity contribution is 7.89. The number of benzene rings is 1. The van der Waals surface area contributed by atoms with Crippen molar-refractivity contribution in [2.24, 2.45) is 0 Å². The van der Waals surface area contributed by atoms with E-state index in [4.69, 9.17) is 9.26 Å². The van der Waals surface area contributed by atoms with Gasteiger partial charge in [0, 0.05) is 31.0 Å². The summed E-state index contributed by atoms with van der Waals surface area (Å²) in [5, 5.41) is 4.05. The third kappa shape index (κ3) is 4.52. The van der Waals surface area contributed by atoms with Gasteiger partial charge in [0.1, 0.15) is 0 Å². The third-order valence-corrected chi connectivity index (χ3v) is 6.76. The number of rotatable bonds is 6. The van der Waals surface area contributed by atoms with Crippen LogP contribution in [0.25, 0.3) is 11.4 Å². The van der Waals surface area contributed by atoms with Gasteiger partial charge in [-0.3, -0.25) is 4.98 Å². The Bertz CT molecular complexity index is 1070. The van der Waals surface area contributed by atoms with E-state index in [9.17, 15) is 8.42 Å². The molecule has 0 spiro atoms. The van der Waals surface area contributed by atoms with Gasteiger partial charge < -0.3 is 9.26 Å². The summed E-state index contributed by atoms with van der Waals surface area (Å²) >= 11 is 0. The Morgan fingerprint density at radius 2 is 1.97 bits per heavy atom. The van der Waals surface area contributed by atoms with Crippen molar-refractivity contribution in [2.75, 3.05) is 25.4 Å². The maximum absolute atomic E-state index is 12.8. The van der Waals surface area contributed by atoms with Crippen molar-refractivity contribution in [1.82, 2.24) is 19.4 Å². The van der Waals surface area contributed by atoms with Crippen molar-refractivity contribution in [3.8, 4) is 11.4 Å². The zero-order valence-corrected chi connectivity index (χ0v) is 16.9. The second-order valence-electron chi connectivity index (χ2n) is 6.91. The second kappa shape index (κ2) is 8.40. The van der Waals surface area contributed by atoms with Crippen LogP contribution in [0.2, 0.25) is 0 Å². The Labute approximate surface area is 169 Å². The van der Waals surface area contributed by atoms with Crippen LogP contribution < -0.4 is 0 Å². The standard InChI is InChI=1S/C20H22N4O4S/c1-15-4-2-3-5-17(15)19-22-20(28-23-19)18-14-24(11-12-27-18)29(25,26)13-8-16-6-9-21-10-7-16/h2-7,9-10,18H,8,11-14H2,1H3/t18-/m1/s1. The Balaban J connectivity index is 1.45. The average Bonchev–Trinajstić information content (AvgIpc) is 3.24. The molecule has 29 heavy (non-hydrogen) atoms. The van der Waals surface area contributed by atoms with Gasteiger partial charge in [-0.25, -0.2) is 8.42 Å². The number of pyridine rings is 1. The van der Waals surface area contributed by atoms with Crippen LogP contribution in [0.1, 0.15) is 23.1 Å². The fourth-order valence-corrected chi connectivity index (χ4v) is 4.72. The van der Waals surface area contributed by atoms with Gasteiger partial charge in [0.15, 0.2) is 6.10 Å². The minimum absolute atomic E-state index is 0.0298. The molecule has 3 heterocycles. The van der Waals surface area contributed by atoms with Gasteiger partial charge in [-0.05, 0) is 36.6 Å². The fourth-order valence-electron chi connectivity index (χ4n) is 3.25. The van der Waals surface area contributed by atoms with E-state index in [1.54, 1.807) is 12.4 Å². The molecule has 152 valence electrons. The van der Waals surface area contributed by atoms with E-state index >= 15 is 0 Å². The molecule has 0 bridgehead atoms. The number of aryl methyl sites for hydroxylation is 2. The molecule has 8 nitrogen and oxygen atoms in total. The van der Waals surface area contributed by atoms with Crippen LogP contribution in [0.3, 0.4) is 0 Å². The van der Waals surface area contributed by atoms with Crippen LogP contribution in [0, 0.1) is 6.92 Å². The normalized spacial score (nSPS) is 18.0. The second-order valence-corrected chi connectivity index (χ2v) is 9.00. The first-order valence-corrected chi connectivity index (χ1v) is 11.0. The largest absolute Gasteiger partial charge is 0.366 e. The lowest BCUT2D eigenvalue weighted by Gasteiger charge is -2.30. The lowest BCUT2D eigenvalue weighted by atomic mass is 10.1. The highest BCUT2D eigenvalue weighted by atomic mass is 32.2. The monoisotopic (exact) mass is 414 g/mol. The quantitative estimate of drug-likeness (QED) is 0.611. The summed E-state index contributed by atoms with van der Waals surface area (Å²) in [5.41, 5.74) is 2.85.